The quantitative estimate of drug-likeness (QED) is 0.521. The average molecular weight is 364 g/mol. The number of rotatable bonds is 1. The Labute approximate surface area is 118 Å². The third-order valence-electron chi connectivity index (χ3n) is 4.49. The van der Waals surface area contributed by atoms with Crippen LogP contribution in [-0.4, -0.2) is 27.1 Å². The van der Waals surface area contributed by atoms with Crippen molar-refractivity contribution in [2.75, 3.05) is 6.61 Å². The van der Waals surface area contributed by atoms with Gasteiger partial charge in [0.05, 0.1) is 20.8 Å². The van der Waals surface area contributed by atoms with Gasteiger partial charge >= 0.3 is 0 Å². The molecule has 2 nitrogen and oxygen atoms in total. The highest BCUT2D eigenvalue weighted by molar-refractivity contribution is 14.1. The summed E-state index contributed by atoms with van der Waals surface area (Å²) in [6.45, 7) is 8.37. The average Bonchev–Trinajstić information content (AvgIpc) is 2.73. The van der Waals surface area contributed by atoms with E-state index in [1.807, 2.05) is 0 Å². The van der Waals surface area contributed by atoms with E-state index >= 15 is 0 Å². The van der Waals surface area contributed by atoms with Crippen LogP contribution in [0.1, 0.15) is 12.8 Å². The van der Waals surface area contributed by atoms with Gasteiger partial charge in [-0.15, -0.1) is 0 Å². The third kappa shape index (κ3) is 2.15. The number of hydrogen-bond acceptors (Lipinski definition) is 2. The smallest absolute Gasteiger partial charge is 0.161 e. The van der Waals surface area contributed by atoms with Gasteiger partial charge < -0.3 is 9.47 Å². The highest BCUT2D eigenvalue weighted by Gasteiger charge is 2.54. The molecule has 96 valence electrons. The Morgan fingerprint density at radius 2 is 2.12 bits per heavy atom. The maximum Gasteiger partial charge on any atom is 0.161 e. The maximum absolute atomic E-state index is 6.14. The van der Waals surface area contributed by atoms with Crippen LogP contribution in [0.15, 0.2) is 9.66 Å². The van der Waals surface area contributed by atoms with Crippen LogP contribution in [0, 0.1) is 11.8 Å². The van der Waals surface area contributed by atoms with E-state index < -0.39 is 8.07 Å². The minimum absolute atomic E-state index is 0.111. The van der Waals surface area contributed by atoms with Crippen LogP contribution in [0.4, 0.5) is 0 Å². The fourth-order valence-corrected chi connectivity index (χ4v) is 7.19. The molecule has 5 atom stereocenters. The van der Waals surface area contributed by atoms with Gasteiger partial charge in [0.25, 0.3) is 0 Å². The molecule has 0 unspecified atom stereocenters. The highest BCUT2D eigenvalue weighted by atomic mass is 127. The lowest BCUT2D eigenvalue weighted by Crippen LogP contribution is -2.40. The summed E-state index contributed by atoms with van der Waals surface area (Å²) >= 11 is 2.50. The topological polar surface area (TPSA) is 18.5 Å². The van der Waals surface area contributed by atoms with Gasteiger partial charge in [-0.2, -0.15) is 0 Å². The lowest BCUT2D eigenvalue weighted by molar-refractivity contribution is -0.117. The third-order valence-corrected chi connectivity index (χ3v) is 7.84. The Kier molecular flexibility index (Phi) is 3.21. The summed E-state index contributed by atoms with van der Waals surface area (Å²) in [7, 11) is -1.16. The summed E-state index contributed by atoms with van der Waals surface area (Å²) in [5, 5.41) is 0. The second-order valence-corrected chi connectivity index (χ2v) is 13.4. The van der Waals surface area contributed by atoms with E-state index in [-0.39, 0.29) is 6.29 Å². The molecule has 1 aliphatic carbocycles. The molecule has 17 heavy (non-hydrogen) atoms. The zero-order chi connectivity index (χ0) is 12.2. The van der Waals surface area contributed by atoms with Crippen LogP contribution in [0.2, 0.25) is 25.2 Å². The predicted molar refractivity (Wildman–Crippen MR) is 80.0 cm³/mol. The molecular formula is C13H21IO2Si. The summed E-state index contributed by atoms with van der Waals surface area (Å²) in [5.74, 6) is 1.39. The van der Waals surface area contributed by atoms with Crippen molar-refractivity contribution in [2.24, 2.45) is 11.8 Å². The van der Waals surface area contributed by atoms with Crippen LogP contribution in [0.25, 0.3) is 0 Å². The van der Waals surface area contributed by atoms with Gasteiger partial charge in [-0.25, -0.2) is 0 Å². The molecule has 3 rings (SSSR count). The Morgan fingerprint density at radius 1 is 1.35 bits per heavy atom. The molecule has 2 heterocycles. The molecule has 2 fully saturated rings. The lowest BCUT2D eigenvalue weighted by Gasteiger charge is -2.39. The highest BCUT2D eigenvalue weighted by Crippen LogP contribution is 2.53. The predicted octanol–water partition coefficient (Wildman–Crippen LogP) is 3.80. The van der Waals surface area contributed by atoms with Gasteiger partial charge in [-0.3, -0.25) is 0 Å². The second kappa shape index (κ2) is 4.32. The molecule has 0 amide bonds. The van der Waals surface area contributed by atoms with E-state index in [2.05, 4.69) is 48.3 Å². The summed E-state index contributed by atoms with van der Waals surface area (Å²) in [5.41, 5.74) is 0.768. The largest absolute Gasteiger partial charge is 0.352 e. The van der Waals surface area contributed by atoms with Crippen molar-refractivity contribution in [2.45, 2.75) is 50.4 Å². The van der Waals surface area contributed by atoms with E-state index in [9.17, 15) is 0 Å². The fourth-order valence-electron chi connectivity index (χ4n) is 3.71. The fraction of sp³-hybridized carbons (Fsp3) is 0.846. The van der Waals surface area contributed by atoms with E-state index in [0.717, 1.165) is 24.5 Å². The van der Waals surface area contributed by atoms with Crippen LogP contribution < -0.4 is 0 Å². The zero-order valence-corrected chi connectivity index (χ0v) is 13.9. The van der Waals surface area contributed by atoms with Crippen LogP contribution in [0.3, 0.4) is 0 Å². The molecule has 0 N–H and O–H groups in total. The molecule has 2 aliphatic heterocycles. The molecule has 0 aromatic heterocycles. The van der Waals surface area contributed by atoms with Crippen molar-refractivity contribution in [1.82, 2.24) is 0 Å². The maximum atomic E-state index is 6.14. The molecule has 4 heteroatoms. The standard InChI is InChI=1S/C13H21IO2Si/c1-17(2,3)11-7-8(14)6-10-12(11)9-4-5-15-13(9)16-10/h7,9-13H,4-6H2,1-3H3/t9-,10-,11+,12+,13+/m0/s1. The lowest BCUT2D eigenvalue weighted by atomic mass is 9.81. The number of allylic oxidation sites excluding steroid dienone is 1. The van der Waals surface area contributed by atoms with Gasteiger partial charge in [0, 0.05) is 12.3 Å². The van der Waals surface area contributed by atoms with Gasteiger partial charge in [0.2, 0.25) is 0 Å². The number of fused-ring (bicyclic) bond motifs is 3. The summed E-state index contributed by atoms with van der Waals surface area (Å²) in [6, 6.07) is 0. The summed E-state index contributed by atoms with van der Waals surface area (Å²) in [6.07, 6.45) is 5.41. The first kappa shape index (κ1) is 12.6. The van der Waals surface area contributed by atoms with Gasteiger partial charge in [0.15, 0.2) is 6.29 Å². The SMILES string of the molecule is C[Si](C)(C)[C@@H]1C=C(I)C[C@@H]2O[C@H]3OCC[C@H]3[C@H]21. The van der Waals surface area contributed by atoms with Crippen molar-refractivity contribution in [3.05, 3.63) is 9.66 Å². The van der Waals surface area contributed by atoms with Crippen molar-refractivity contribution in [3.63, 3.8) is 0 Å². The number of halogens is 1. The Hall–Kier alpha value is 0.607. The van der Waals surface area contributed by atoms with Crippen LogP contribution in [-0.2, 0) is 9.47 Å². The molecule has 0 aromatic carbocycles. The molecule has 0 aromatic rings. The summed E-state index contributed by atoms with van der Waals surface area (Å²) in [4.78, 5) is 0. The van der Waals surface area contributed by atoms with Gasteiger partial charge in [-0.1, -0.05) is 25.7 Å². The monoisotopic (exact) mass is 364 g/mol. The van der Waals surface area contributed by atoms with E-state index in [1.54, 1.807) is 0 Å². The Morgan fingerprint density at radius 3 is 2.82 bits per heavy atom. The van der Waals surface area contributed by atoms with Crippen LogP contribution >= 0.6 is 22.6 Å². The minimum atomic E-state index is -1.16. The molecule has 3 aliphatic rings. The van der Waals surface area contributed by atoms with E-state index in [0.29, 0.717) is 12.0 Å². The molecular weight excluding hydrogens is 343 g/mol. The molecule has 2 saturated heterocycles. The molecule has 0 radical (unpaired) electrons. The van der Waals surface area contributed by atoms with Gasteiger partial charge in [0.1, 0.15) is 0 Å². The number of ether oxygens (including phenoxy) is 2. The van der Waals surface area contributed by atoms with Crippen molar-refractivity contribution < 1.29 is 9.47 Å². The Bertz CT molecular complexity index is 350. The second-order valence-electron chi connectivity index (χ2n) is 6.65. The Balaban J connectivity index is 1.93. The minimum Gasteiger partial charge on any atom is -0.352 e. The van der Waals surface area contributed by atoms with Crippen molar-refractivity contribution >= 4 is 30.7 Å². The summed E-state index contributed by atoms with van der Waals surface area (Å²) < 4.78 is 13.4. The van der Waals surface area contributed by atoms with Crippen molar-refractivity contribution in [1.29, 1.82) is 0 Å². The van der Waals surface area contributed by atoms with Crippen molar-refractivity contribution in [3.8, 4) is 0 Å². The number of hydrogen-bond donors (Lipinski definition) is 0. The zero-order valence-electron chi connectivity index (χ0n) is 10.8. The first-order chi connectivity index (χ1) is 7.97. The first-order valence-electron chi connectivity index (χ1n) is 6.60. The molecule has 0 spiro atoms. The van der Waals surface area contributed by atoms with Crippen LogP contribution in [0.5, 0.6) is 0 Å². The van der Waals surface area contributed by atoms with Gasteiger partial charge in [-0.05, 0) is 44.1 Å². The first-order valence-corrected chi connectivity index (χ1v) is 11.3. The van der Waals surface area contributed by atoms with E-state index in [4.69, 9.17) is 9.47 Å². The van der Waals surface area contributed by atoms with E-state index in [1.165, 1.54) is 10.0 Å². The normalized spacial score (nSPS) is 45.4. The molecule has 0 saturated carbocycles. The molecule has 0 bridgehead atoms.